The van der Waals surface area contributed by atoms with Crippen LogP contribution in [0, 0.1) is 17.2 Å². The van der Waals surface area contributed by atoms with E-state index in [1.54, 1.807) is 6.26 Å². The third kappa shape index (κ3) is 4.47. The normalized spacial score (nSPS) is 16.4. The molecule has 0 bridgehead atoms. The van der Waals surface area contributed by atoms with Crippen molar-refractivity contribution in [1.29, 1.82) is 5.26 Å². The number of benzene rings is 2. The summed E-state index contributed by atoms with van der Waals surface area (Å²) in [5.74, 6) is 0.562. The maximum Gasteiger partial charge on any atom is 0.0991 e. The monoisotopic (exact) mass is 404 g/mol. The zero-order chi connectivity index (χ0) is 20.2. The van der Waals surface area contributed by atoms with Gasteiger partial charge in [-0.05, 0) is 65.6 Å². The number of piperidine rings is 1. The number of hydrogen-bond donors (Lipinski definition) is 1. The Morgan fingerprint density at radius 1 is 1.21 bits per heavy atom. The van der Waals surface area contributed by atoms with Crippen LogP contribution in [0.2, 0.25) is 0 Å². The van der Waals surface area contributed by atoms with Crippen LogP contribution in [0.5, 0.6) is 0 Å². The molecule has 1 aliphatic rings. The molecule has 3 aromatic rings. The molecule has 5 nitrogen and oxygen atoms in total. The van der Waals surface area contributed by atoms with E-state index < -0.39 is 11.0 Å². The van der Waals surface area contributed by atoms with Crippen LogP contribution >= 0.6 is 0 Å². The maximum absolute atomic E-state index is 11.6. The molecule has 1 saturated heterocycles. The van der Waals surface area contributed by atoms with Crippen molar-refractivity contribution in [1.82, 2.24) is 9.29 Å². The highest BCUT2D eigenvalue weighted by Crippen LogP contribution is 2.31. The molecule has 1 N–H and O–H groups in total. The van der Waals surface area contributed by atoms with Gasteiger partial charge < -0.3 is 5.32 Å². The molecule has 2 aromatic carbocycles. The fourth-order valence-electron chi connectivity index (χ4n) is 3.90. The minimum absolute atomic E-state index is 0.562. The van der Waals surface area contributed by atoms with Gasteiger partial charge in [-0.2, -0.15) is 5.26 Å². The van der Waals surface area contributed by atoms with E-state index in [1.165, 1.54) is 0 Å². The first-order valence-electron chi connectivity index (χ1n) is 9.84. The molecule has 0 radical (unpaired) electrons. The fourth-order valence-corrected chi connectivity index (χ4v) is 4.63. The van der Waals surface area contributed by atoms with Gasteiger partial charge in [-0.15, -0.1) is 0 Å². The lowest BCUT2D eigenvalue weighted by atomic mass is 9.97. The van der Waals surface area contributed by atoms with Crippen molar-refractivity contribution in [3.8, 4) is 17.2 Å². The van der Waals surface area contributed by atoms with Crippen LogP contribution in [0.4, 0.5) is 5.69 Å². The third-order valence-electron chi connectivity index (χ3n) is 5.60. The smallest absolute Gasteiger partial charge is 0.0991 e. The number of anilines is 1. The Morgan fingerprint density at radius 3 is 2.79 bits per heavy atom. The number of aromatic nitrogens is 1. The van der Waals surface area contributed by atoms with Crippen molar-refractivity contribution in [2.45, 2.75) is 12.8 Å². The number of fused-ring (bicyclic) bond motifs is 1. The molecule has 1 unspecified atom stereocenters. The van der Waals surface area contributed by atoms with Gasteiger partial charge in [-0.1, -0.05) is 12.1 Å². The molecule has 1 atom stereocenters. The summed E-state index contributed by atoms with van der Waals surface area (Å²) in [6, 6.07) is 16.2. The highest BCUT2D eigenvalue weighted by atomic mass is 32.2. The zero-order valence-corrected chi connectivity index (χ0v) is 17.3. The number of nitriles is 1. The highest BCUT2D eigenvalue weighted by Gasteiger charge is 2.21. The summed E-state index contributed by atoms with van der Waals surface area (Å²) in [6.45, 7) is 2.66. The van der Waals surface area contributed by atoms with E-state index in [4.69, 9.17) is 0 Å². The summed E-state index contributed by atoms with van der Waals surface area (Å²) in [5, 5.41) is 15.1. The molecule has 6 heteroatoms. The second-order valence-electron chi connectivity index (χ2n) is 7.49. The Balaban J connectivity index is 1.58. The Labute approximate surface area is 174 Å². The standard InChI is InChI=1S/C23H24N4OS/c1-29(28)27-9-6-17(7-10-27)15-26-23-13-21(12-20-5-8-25-16-22(20)23)19-4-2-3-18(11-19)14-24/h2-5,8,11-13,16-17,26H,6-7,9-10,15H2,1H3. The molecular formula is C23H24N4OS. The van der Waals surface area contributed by atoms with Crippen LogP contribution in [0.15, 0.2) is 54.9 Å². The van der Waals surface area contributed by atoms with Crippen molar-refractivity contribution in [2.24, 2.45) is 5.92 Å². The zero-order valence-electron chi connectivity index (χ0n) is 16.5. The summed E-state index contributed by atoms with van der Waals surface area (Å²) in [4.78, 5) is 4.30. The molecular weight excluding hydrogens is 380 g/mol. The molecule has 0 amide bonds. The van der Waals surface area contributed by atoms with E-state index in [-0.39, 0.29) is 0 Å². The van der Waals surface area contributed by atoms with Crippen LogP contribution in [-0.2, 0) is 11.0 Å². The van der Waals surface area contributed by atoms with Gasteiger partial charge in [-0.3, -0.25) is 4.98 Å². The first-order valence-corrected chi connectivity index (χ1v) is 11.4. The second-order valence-corrected chi connectivity index (χ2v) is 8.85. The first-order chi connectivity index (χ1) is 14.1. The number of hydrogen-bond acceptors (Lipinski definition) is 4. The Morgan fingerprint density at radius 2 is 2.03 bits per heavy atom. The minimum atomic E-state index is -0.871. The quantitative estimate of drug-likeness (QED) is 0.692. The SMILES string of the molecule is CS(=O)N1CCC(CNc2cc(-c3cccc(C#N)c3)cc3ccncc23)CC1. The lowest BCUT2D eigenvalue weighted by Crippen LogP contribution is -2.36. The van der Waals surface area contributed by atoms with Crippen LogP contribution in [0.3, 0.4) is 0 Å². The number of nitrogens with one attached hydrogen (secondary N) is 1. The molecule has 2 heterocycles. The van der Waals surface area contributed by atoms with Gasteiger partial charge in [0.15, 0.2) is 0 Å². The van der Waals surface area contributed by atoms with Gasteiger partial charge in [0.05, 0.1) is 22.6 Å². The van der Waals surface area contributed by atoms with E-state index in [0.717, 1.165) is 60.1 Å². The molecule has 29 heavy (non-hydrogen) atoms. The molecule has 1 aromatic heterocycles. The van der Waals surface area contributed by atoms with Gasteiger partial charge in [-0.25, -0.2) is 8.51 Å². The predicted molar refractivity (Wildman–Crippen MR) is 119 cm³/mol. The summed E-state index contributed by atoms with van der Waals surface area (Å²) in [5.41, 5.74) is 3.84. The van der Waals surface area contributed by atoms with Gasteiger partial charge in [0.2, 0.25) is 0 Å². The van der Waals surface area contributed by atoms with Crippen molar-refractivity contribution in [3.05, 3.63) is 60.4 Å². The van der Waals surface area contributed by atoms with Crippen molar-refractivity contribution in [3.63, 3.8) is 0 Å². The van der Waals surface area contributed by atoms with Crippen molar-refractivity contribution < 1.29 is 4.21 Å². The van der Waals surface area contributed by atoms with E-state index in [2.05, 4.69) is 28.5 Å². The predicted octanol–water partition coefficient (Wildman–Crippen LogP) is 4.19. The summed E-state index contributed by atoms with van der Waals surface area (Å²) in [6.07, 6.45) is 7.56. The fraction of sp³-hybridized carbons (Fsp3) is 0.304. The van der Waals surface area contributed by atoms with Crippen LogP contribution in [0.1, 0.15) is 18.4 Å². The van der Waals surface area contributed by atoms with E-state index in [9.17, 15) is 9.47 Å². The van der Waals surface area contributed by atoms with Crippen molar-refractivity contribution >= 4 is 27.4 Å². The number of rotatable bonds is 5. The second kappa shape index (κ2) is 8.73. The van der Waals surface area contributed by atoms with Crippen LogP contribution in [-0.4, -0.2) is 39.4 Å². The number of pyridine rings is 1. The molecule has 1 fully saturated rings. The van der Waals surface area contributed by atoms with Crippen molar-refractivity contribution in [2.75, 3.05) is 31.2 Å². The maximum atomic E-state index is 11.6. The molecule has 0 saturated carbocycles. The summed E-state index contributed by atoms with van der Waals surface area (Å²) < 4.78 is 13.7. The Hall–Kier alpha value is -2.75. The molecule has 4 rings (SSSR count). The molecule has 1 aliphatic heterocycles. The van der Waals surface area contributed by atoms with E-state index in [0.29, 0.717) is 11.5 Å². The van der Waals surface area contributed by atoms with Gasteiger partial charge >= 0.3 is 0 Å². The first kappa shape index (κ1) is 19.6. The van der Waals surface area contributed by atoms with Crippen LogP contribution < -0.4 is 5.32 Å². The average molecular weight is 405 g/mol. The lowest BCUT2D eigenvalue weighted by Gasteiger charge is -2.30. The topological polar surface area (TPSA) is 69.0 Å². The van der Waals surface area contributed by atoms with Gasteiger partial charge in [0, 0.05) is 49.4 Å². The lowest BCUT2D eigenvalue weighted by molar-refractivity contribution is 0.294. The van der Waals surface area contributed by atoms with E-state index in [1.807, 2.05) is 47.0 Å². The molecule has 0 aliphatic carbocycles. The van der Waals surface area contributed by atoms with Gasteiger partial charge in [0.1, 0.15) is 0 Å². The van der Waals surface area contributed by atoms with Gasteiger partial charge in [0.25, 0.3) is 0 Å². The highest BCUT2D eigenvalue weighted by molar-refractivity contribution is 7.81. The van der Waals surface area contributed by atoms with Crippen LogP contribution in [0.25, 0.3) is 21.9 Å². The Kier molecular flexibility index (Phi) is 5.89. The third-order valence-corrected chi connectivity index (χ3v) is 6.69. The number of nitrogens with zero attached hydrogens (tertiary/aromatic N) is 3. The molecule has 0 spiro atoms. The minimum Gasteiger partial charge on any atom is -0.384 e. The Bertz CT molecular complexity index is 1080. The summed E-state index contributed by atoms with van der Waals surface area (Å²) in [7, 11) is -0.871. The largest absolute Gasteiger partial charge is 0.384 e. The molecule has 148 valence electrons. The summed E-state index contributed by atoms with van der Waals surface area (Å²) >= 11 is 0. The van der Waals surface area contributed by atoms with E-state index >= 15 is 0 Å². The average Bonchev–Trinajstić information content (AvgIpc) is 2.77.